The summed E-state index contributed by atoms with van der Waals surface area (Å²) in [5.74, 6) is -2.14. The first kappa shape index (κ1) is 27.4. The number of furan rings is 1. The van der Waals surface area contributed by atoms with Gasteiger partial charge in [-0.25, -0.2) is 0 Å². The minimum Gasteiger partial charge on any atom is -0.463 e. The summed E-state index contributed by atoms with van der Waals surface area (Å²) < 4.78 is 6.11. The van der Waals surface area contributed by atoms with Crippen molar-refractivity contribution in [3.8, 4) is 0 Å². The Morgan fingerprint density at radius 3 is 2.43 bits per heavy atom. The van der Waals surface area contributed by atoms with E-state index in [1.807, 2.05) is 24.3 Å². The normalized spacial score (nSPS) is 28.5. The number of Topliss-reactive ketones (excluding diaryl/α,β-unsaturated/α-hetero) is 1. The highest BCUT2D eigenvalue weighted by Gasteiger charge is 2.58. The molecule has 3 aliphatic carbocycles. The molecule has 7 rings (SSSR count). The molecule has 2 aromatic rings. The van der Waals surface area contributed by atoms with Gasteiger partial charge >= 0.3 is 0 Å². The van der Waals surface area contributed by atoms with E-state index in [2.05, 4.69) is 33.0 Å². The Bertz CT molecular complexity index is 1580. The van der Waals surface area contributed by atoms with Crippen molar-refractivity contribution in [2.45, 2.75) is 50.8 Å². The Labute approximate surface area is 251 Å². The molecule has 0 radical (unpaired) electrons. The summed E-state index contributed by atoms with van der Waals surface area (Å²) >= 11 is 3.25. The van der Waals surface area contributed by atoms with Crippen LogP contribution in [0.1, 0.15) is 48.7 Å². The number of ketones is 2. The molecule has 9 heteroatoms. The quantitative estimate of drug-likeness (QED) is 0.300. The molecule has 1 aromatic heterocycles. The number of rotatable bonds is 5. The molecular formula is C33H31BrN2O6. The number of piperidine rings is 1. The highest BCUT2D eigenvalue weighted by Crippen LogP contribution is 2.55. The number of nitrogens with zero attached hydrogens (tertiary/aromatic N) is 2. The van der Waals surface area contributed by atoms with Crippen molar-refractivity contribution >= 4 is 39.3 Å². The number of benzene rings is 1. The third-order valence-corrected chi connectivity index (χ3v) is 10.2. The van der Waals surface area contributed by atoms with E-state index in [-0.39, 0.29) is 46.9 Å². The third-order valence-electron chi connectivity index (χ3n) is 9.66. The topological polar surface area (TPSA) is 108 Å². The van der Waals surface area contributed by atoms with Gasteiger partial charge in [-0.05, 0) is 65.2 Å². The number of imide groups is 1. The zero-order valence-electron chi connectivity index (χ0n) is 23.0. The van der Waals surface area contributed by atoms with Crippen LogP contribution in [0.15, 0.2) is 80.2 Å². The van der Waals surface area contributed by atoms with E-state index < -0.39 is 23.7 Å². The summed E-state index contributed by atoms with van der Waals surface area (Å²) in [7, 11) is 0. The van der Waals surface area contributed by atoms with E-state index in [0.717, 1.165) is 38.0 Å². The Morgan fingerprint density at radius 1 is 0.952 bits per heavy atom. The summed E-state index contributed by atoms with van der Waals surface area (Å²) in [5.41, 5.74) is 2.83. The van der Waals surface area contributed by atoms with Gasteiger partial charge in [0.05, 0.1) is 22.2 Å². The van der Waals surface area contributed by atoms with Gasteiger partial charge in [-0.3, -0.25) is 29.0 Å². The van der Waals surface area contributed by atoms with Crippen LogP contribution in [0.25, 0.3) is 0 Å². The van der Waals surface area contributed by atoms with Crippen molar-refractivity contribution in [3.63, 3.8) is 0 Å². The second-order valence-corrected chi connectivity index (χ2v) is 12.7. The van der Waals surface area contributed by atoms with E-state index in [1.54, 1.807) is 12.1 Å². The van der Waals surface area contributed by atoms with Crippen molar-refractivity contribution in [3.05, 3.63) is 92.9 Å². The molecule has 2 fully saturated rings. The van der Waals surface area contributed by atoms with Crippen LogP contribution in [-0.2, 0) is 32.3 Å². The summed E-state index contributed by atoms with van der Waals surface area (Å²) in [4.78, 5) is 58.5. The molecule has 1 N–H and O–H groups in total. The zero-order chi connectivity index (χ0) is 29.1. The number of amides is 2. The van der Waals surface area contributed by atoms with Crippen molar-refractivity contribution < 1.29 is 28.7 Å². The minimum atomic E-state index is -0.647. The van der Waals surface area contributed by atoms with Gasteiger partial charge in [-0.1, -0.05) is 42.0 Å². The van der Waals surface area contributed by atoms with Gasteiger partial charge in [0.1, 0.15) is 18.1 Å². The molecule has 2 aliphatic heterocycles. The molecular weight excluding hydrogens is 600 g/mol. The van der Waals surface area contributed by atoms with Crippen molar-refractivity contribution in [1.29, 1.82) is 0 Å². The Hall–Kier alpha value is -3.40. The van der Waals surface area contributed by atoms with Crippen LogP contribution in [-0.4, -0.2) is 57.4 Å². The number of carbonyl (C=O) groups excluding carboxylic acids is 4. The molecule has 2 saturated heterocycles. The highest BCUT2D eigenvalue weighted by molar-refractivity contribution is 9.12. The molecule has 8 nitrogen and oxygen atoms in total. The lowest BCUT2D eigenvalue weighted by molar-refractivity contribution is -0.144. The van der Waals surface area contributed by atoms with Gasteiger partial charge in [-0.15, -0.1) is 0 Å². The Balaban J connectivity index is 1.17. The number of aliphatic hydroxyl groups excluding tert-OH is 1. The molecule has 5 aliphatic rings. The maximum atomic E-state index is 14.2. The van der Waals surface area contributed by atoms with Crippen LogP contribution in [0.5, 0.6) is 0 Å². The molecule has 42 heavy (non-hydrogen) atoms. The summed E-state index contributed by atoms with van der Waals surface area (Å²) in [6.45, 7) is 2.16. The summed E-state index contributed by atoms with van der Waals surface area (Å²) in [6.07, 6.45) is 5.37. The maximum absolute atomic E-state index is 14.2. The first-order valence-electron chi connectivity index (χ1n) is 14.6. The first-order chi connectivity index (χ1) is 20.4. The lowest BCUT2D eigenvalue weighted by atomic mass is 9.60. The van der Waals surface area contributed by atoms with E-state index in [9.17, 15) is 24.3 Å². The number of carbonyl (C=O) groups is 4. The molecule has 216 valence electrons. The number of aliphatic hydroxyl groups is 1. The highest BCUT2D eigenvalue weighted by atomic mass is 79.9. The fraction of sp³-hybridized carbons (Fsp3) is 0.394. The molecule has 0 spiro atoms. The minimum absolute atomic E-state index is 0.120. The molecule has 2 amide bonds. The third kappa shape index (κ3) is 4.41. The predicted molar refractivity (Wildman–Crippen MR) is 156 cm³/mol. The van der Waals surface area contributed by atoms with Crippen LogP contribution in [0.2, 0.25) is 0 Å². The Morgan fingerprint density at radius 2 is 1.71 bits per heavy atom. The second-order valence-electron chi connectivity index (χ2n) is 11.9. The van der Waals surface area contributed by atoms with E-state index in [4.69, 9.17) is 4.42 Å². The summed E-state index contributed by atoms with van der Waals surface area (Å²) in [5, 5.41) is 9.63. The van der Waals surface area contributed by atoms with Crippen LogP contribution in [0.3, 0.4) is 0 Å². The van der Waals surface area contributed by atoms with Crippen LogP contribution in [0.4, 0.5) is 0 Å². The number of fused-ring (bicyclic) bond motifs is 3. The van der Waals surface area contributed by atoms with E-state index in [0.29, 0.717) is 29.1 Å². The average molecular weight is 632 g/mol. The molecule has 4 atom stereocenters. The smallest absolute Gasteiger partial charge is 0.233 e. The van der Waals surface area contributed by atoms with Crippen molar-refractivity contribution in [2.24, 2.45) is 17.8 Å². The van der Waals surface area contributed by atoms with Gasteiger partial charge in [-0.2, -0.15) is 0 Å². The molecule has 1 aromatic carbocycles. The zero-order valence-corrected chi connectivity index (χ0v) is 24.6. The number of likely N-dealkylation sites (tertiary alicyclic amines) is 2. The number of hydrogen-bond acceptors (Lipinski definition) is 7. The van der Waals surface area contributed by atoms with Gasteiger partial charge in [0, 0.05) is 42.9 Å². The number of halogens is 1. The standard InChI is InChI=1S/C33H31BrN2O6/c34-25-15-26(38)29-24(31(25)39)14-23-21(30(29)27-9-6-20(17-37)42-27)7-8-22-28(23)33(41)36(32(22)40)19-10-12-35(13-11-19)16-18-4-2-1-3-5-18/h1-7,9,15,19,22-23,28,30,37H,8,10-14,16-17H2/t22-,23+,28-,30+/m0/s1. The predicted octanol–water partition coefficient (Wildman–Crippen LogP) is 4.20. The SMILES string of the molecule is O=C1C=C(Br)C(=O)C2=C1[C@@H](c1ccc(CO)o1)C1=CC[C@@H]3C(=O)N(C4CCN(Cc5ccccc5)CC4)C(=O)[C@@H]3[C@@H]1C2. The Kier molecular flexibility index (Phi) is 6.99. The van der Waals surface area contributed by atoms with Crippen LogP contribution < -0.4 is 0 Å². The lowest BCUT2D eigenvalue weighted by Gasteiger charge is -2.41. The largest absolute Gasteiger partial charge is 0.463 e. The first-order valence-corrected chi connectivity index (χ1v) is 15.4. The maximum Gasteiger partial charge on any atom is 0.233 e. The van der Waals surface area contributed by atoms with Gasteiger partial charge in [0.25, 0.3) is 0 Å². The number of hydrogen-bond donors (Lipinski definition) is 1. The average Bonchev–Trinajstić information content (AvgIpc) is 3.58. The second kappa shape index (κ2) is 10.7. The van der Waals surface area contributed by atoms with Gasteiger partial charge in [0.15, 0.2) is 11.6 Å². The van der Waals surface area contributed by atoms with Crippen molar-refractivity contribution in [1.82, 2.24) is 9.80 Å². The van der Waals surface area contributed by atoms with Crippen LogP contribution in [0, 0.1) is 17.8 Å². The molecule has 0 bridgehead atoms. The number of allylic oxidation sites excluding steroid dienone is 6. The fourth-order valence-corrected chi connectivity index (χ4v) is 8.18. The molecule has 3 heterocycles. The van der Waals surface area contributed by atoms with Crippen LogP contribution >= 0.6 is 15.9 Å². The van der Waals surface area contributed by atoms with Gasteiger partial charge < -0.3 is 9.52 Å². The van der Waals surface area contributed by atoms with Gasteiger partial charge in [0.2, 0.25) is 11.8 Å². The molecule has 0 saturated carbocycles. The van der Waals surface area contributed by atoms with E-state index in [1.165, 1.54) is 16.5 Å². The van der Waals surface area contributed by atoms with E-state index >= 15 is 0 Å². The summed E-state index contributed by atoms with van der Waals surface area (Å²) in [6, 6.07) is 13.5. The lowest BCUT2D eigenvalue weighted by Crippen LogP contribution is -2.47. The molecule has 0 unspecified atom stereocenters. The van der Waals surface area contributed by atoms with Crippen molar-refractivity contribution in [2.75, 3.05) is 13.1 Å². The monoisotopic (exact) mass is 630 g/mol. The fourth-order valence-electron chi connectivity index (χ4n) is 7.73.